The number of hydrogen-bond acceptors (Lipinski definition) is 4. The van der Waals surface area contributed by atoms with Gasteiger partial charge in [0.2, 0.25) is 11.8 Å². The van der Waals surface area contributed by atoms with E-state index in [2.05, 4.69) is 0 Å². The van der Waals surface area contributed by atoms with E-state index in [1.54, 1.807) is 25.0 Å². The van der Waals surface area contributed by atoms with Crippen molar-refractivity contribution >= 4 is 11.8 Å². The normalized spacial score (nSPS) is 20.7. The molecule has 2 aromatic carbocycles. The smallest absolute Gasteiger partial charge is 0.233 e. The quantitative estimate of drug-likeness (QED) is 0.732. The zero-order chi connectivity index (χ0) is 22.7. The molecule has 2 aliphatic heterocycles. The SMILES string of the molecule is COc1ccccc1C1CN(C(=O)C2(c3cccc(F)c3)CCOCC2)CCN1C(C)=O. The number of halogens is 1. The average molecular weight is 441 g/mol. The van der Waals surface area contributed by atoms with E-state index in [0.29, 0.717) is 57.0 Å². The van der Waals surface area contributed by atoms with Crippen molar-refractivity contribution in [1.82, 2.24) is 9.80 Å². The number of amides is 2. The summed E-state index contributed by atoms with van der Waals surface area (Å²) in [5.41, 5.74) is 0.729. The molecule has 170 valence electrons. The molecule has 2 aliphatic rings. The topological polar surface area (TPSA) is 59.1 Å². The molecular formula is C25H29FN2O4. The minimum absolute atomic E-state index is 0.0329. The first-order valence-corrected chi connectivity index (χ1v) is 11.0. The number of nitrogens with zero attached hydrogens (tertiary/aromatic N) is 2. The summed E-state index contributed by atoms with van der Waals surface area (Å²) in [7, 11) is 1.60. The Morgan fingerprint density at radius 3 is 2.53 bits per heavy atom. The van der Waals surface area contributed by atoms with E-state index in [1.165, 1.54) is 12.1 Å². The van der Waals surface area contributed by atoms with Gasteiger partial charge in [0.05, 0.1) is 18.6 Å². The van der Waals surface area contributed by atoms with Crippen molar-refractivity contribution in [3.05, 3.63) is 65.5 Å². The Kier molecular flexibility index (Phi) is 6.46. The van der Waals surface area contributed by atoms with E-state index in [4.69, 9.17) is 9.47 Å². The van der Waals surface area contributed by atoms with Gasteiger partial charge in [-0.05, 0) is 36.6 Å². The van der Waals surface area contributed by atoms with Crippen molar-refractivity contribution in [2.75, 3.05) is 40.0 Å². The number of methoxy groups -OCH3 is 1. The van der Waals surface area contributed by atoms with Gasteiger partial charge in [-0.2, -0.15) is 0 Å². The molecular weight excluding hydrogens is 411 g/mol. The molecule has 4 rings (SSSR count). The van der Waals surface area contributed by atoms with Crippen LogP contribution in [-0.2, 0) is 19.7 Å². The first-order chi connectivity index (χ1) is 15.5. The number of hydrogen-bond donors (Lipinski definition) is 0. The van der Waals surface area contributed by atoms with Gasteiger partial charge in [0.1, 0.15) is 11.6 Å². The highest BCUT2D eigenvalue weighted by Gasteiger charge is 2.46. The van der Waals surface area contributed by atoms with Crippen LogP contribution in [0.4, 0.5) is 4.39 Å². The lowest BCUT2D eigenvalue weighted by molar-refractivity contribution is -0.148. The maximum Gasteiger partial charge on any atom is 0.233 e. The number of carbonyl (C=O) groups excluding carboxylic acids is 2. The summed E-state index contributed by atoms with van der Waals surface area (Å²) in [5.74, 6) is 0.256. The maximum atomic E-state index is 14.1. The Bertz CT molecular complexity index is 989. The Labute approximate surface area is 187 Å². The standard InChI is InChI=1S/C25H29FN2O4/c1-18(29)28-13-12-27(17-22(28)21-8-3-4-9-23(21)31-2)24(30)25(10-14-32-15-11-25)19-6-5-7-20(26)16-19/h3-9,16,22H,10-15,17H2,1-2H3. The highest BCUT2D eigenvalue weighted by molar-refractivity contribution is 5.89. The molecule has 2 saturated heterocycles. The predicted molar refractivity (Wildman–Crippen MR) is 118 cm³/mol. The number of carbonyl (C=O) groups is 2. The summed E-state index contributed by atoms with van der Waals surface area (Å²) < 4.78 is 25.2. The Balaban J connectivity index is 1.69. The summed E-state index contributed by atoms with van der Waals surface area (Å²) >= 11 is 0. The highest BCUT2D eigenvalue weighted by atomic mass is 19.1. The molecule has 0 N–H and O–H groups in total. The lowest BCUT2D eigenvalue weighted by Crippen LogP contribution is -2.57. The molecule has 32 heavy (non-hydrogen) atoms. The Morgan fingerprint density at radius 2 is 1.84 bits per heavy atom. The molecule has 0 bridgehead atoms. The number of para-hydroxylation sites is 1. The third-order valence-electron chi connectivity index (χ3n) is 6.70. The summed E-state index contributed by atoms with van der Waals surface area (Å²) in [6, 6.07) is 13.6. The van der Waals surface area contributed by atoms with Crippen LogP contribution in [-0.4, -0.2) is 61.6 Å². The molecule has 0 aliphatic carbocycles. The second kappa shape index (κ2) is 9.28. The molecule has 2 fully saturated rings. The number of piperazine rings is 1. The maximum absolute atomic E-state index is 14.1. The second-order valence-corrected chi connectivity index (χ2v) is 8.43. The van der Waals surface area contributed by atoms with Crippen LogP contribution < -0.4 is 4.74 Å². The van der Waals surface area contributed by atoms with Crippen LogP contribution in [0.25, 0.3) is 0 Å². The van der Waals surface area contributed by atoms with Gasteiger partial charge in [-0.1, -0.05) is 30.3 Å². The monoisotopic (exact) mass is 440 g/mol. The molecule has 2 amide bonds. The zero-order valence-electron chi connectivity index (χ0n) is 18.6. The fourth-order valence-corrected chi connectivity index (χ4v) is 4.99. The molecule has 0 aromatic heterocycles. The number of rotatable bonds is 4. The van der Waals surface area contributed by atoms with Crippen molar-refractivity contribution < 1.29 is 23.5 Å². The number of ether oxygens (including phenoxy) is 2. The molecule has 1 atom stereocenters. The van der Waals surface area contributed by atoms with E-state index in [1.807, 2.05) is 35.2 Å². The molecule has 1 unspecified atom stereocenters. The third kappa shape index (κ3) is 4.09. The fraction of sp³-hybridized carbons (Fsp3) is 0.440. The molecule has 2 heterocycles. The highest BCUT2D eigenvalue weighted by Crippen LogP contribution is 2.39. The van der Waals surface area contributed by atoms with Gasteiger partial charge in [0, 0.05) is 45.3 Å². The van der Waals surface area contributed by atoms with Gasteiger partial charge in [-0.3, -0.25) is 9.59 Å². The molecule has 6 nitrogen and oxygen atoms in total. The summed E-state index contributed by atoms with van der Waals surface area (Å²) in [6.07, 6.45) is 1.00. The molecule has 0 spiro atoms. The van der Waals surface area contributed by atoms with Crippen molar-refractivity contribution in [2.24, 2.45) is 0 Å². The fourth-order valence-electron chi connectivity index (χ4n) is 4.99. The van der Waals surface area contributed by atoms with Gasteiger partial charge < -0.3 is 19.3 Å². The Hall–Kier alpha value is -2.93. The largest absolute Gasteiger partial charge is 0.496 e. The second-order valence-electron chi connectivity index (χ2n) is 8.43. The van der Waals surface area contributed by atoms with Crippen LogP contribution in [0.1, 0.15) is 36.9 Å². The molecule has 7 heteroatoms. The molecule has 0 saturated carbocycles. The number of benzene rings is 2. The van der Waals surface area contributed by atoms with Crippen molar-refractivity contribution in [1.29, 1.82) is 0 Å². The zero-order valence-corrected chi connectivity index (χ0v) is 18.6. The van der Waals surface area contributed by atoms with E-state index >= 15 is 0 Å². The van der Waals surface area contributed by atoms with E-state index in [9.17, 15) is 14.0 Å². The van der Waals surface area contributed by atoms with Crippen molar-refractivity contribution in [3.8, 4) is 5.75 Å². The summed E-state index contributed by atoms with van der Waals surface area (Å²) in [5, 5.41) is 0. The van der Waals surface area contributed by atoms with Crippen LogP contribution in [0.15, 0.2) is 48.5 Å². The molecule has 2 aromatic rings. The minimum Gasteiger partial charge on any atom is -0.496 e. The van der Waals surface area contributed by atoms with Gasteiger partial charge in [0.15, 0.2) is 0 Å². The first-order valence-electron chi connectivity index (χ1n) is 11.0. The van der Waals surface area contributed by atoms with Crippen molar-refractivity contribution in [2.45, 2.75) is 31.2 Å². The van der Waals surface area contributed by atoms with Gasteiger partial charge in [-0.15, -0.1) is 0 Å². The summed E-state index contributed by atoms with van der Waals surface area (Å²) in [6.45, 7) is 3.67. The lowest BCUT2D eigenvalue weighted by atomic mass is 9.72. The van der Waals surface area contributed by atoms with Gasteiger partial charge in [-0.25, -0.2) is 4.39 Å². The van der Waals surface area contributed by atoms with Crippen LogP contribution in [0, 0.1) is 5.82 Å². The van der Waals surface area contributed by atoms with E-state index < -0.39 is 5.41 Å². The van der Waals surface area contributed by atoms with Crippen LogP contribution >= 0.6 is 0 Å². The van der Waals surface area contributed by atoms with E-state index in [0.717, 1.165) is 5.56 Å². The summed E-state index contributed by atoms with van der Waals surface area (Å²) in [4.78, 5) is 30.0. The lowest BCUT2D eigenvalue weighted by Gasteiger charge is -2.46. The van der Waals surface area contributed by atoms with Gasteiger partial charge in [0.25, 0.3) is 0 Å². The third-order valence-corrected chi connectivity index (χ3v) is 6.70. The Morgan fingerprint density at radius 1 is 1.09 bits per heavy atom. The van der Waals surface area contributed by atoms with Crippen LogP contribution in [0.5, 0.6) is 5.75 Å². The van der Waals surface area contributed by atoms with Crippen LogP contribution in [0.2, 0.25) is 0 Å². The first kappa shape index (κ1) is 22.3. The van der Waals surface area contributed by atoms with Crippen LogP contribution in [0.3, 0.4) is 0 Å². The van der Waals surface area contributed by atoms with Gasteiger partial charge >= 0.3 is 0 Å². The predicted octanol–water partition coefficient (Wildman–Crippen LogP) is 3.31. The van der Waals surface area contributed by atoms with Crippen molar-refractivity contribution in [3.63, 3.8) is 0 Å². The average Bonchev–Trinajstić information content (AvgIpc) is 2.83. The molecule has 0 radical (unpaired) electrons. The van der Waals surface area contributed by atoms with E-state index in [-0.39, 0.29) is 23.7 Å². The minimum atomic E-state index is -0.829.